The molecule has 3 nitrogen and oxygen atoms in total. The number of anilines is 1. The van der Waals surface area contributed by atoms with Gasteiger partial charge in [-0.3, -0.25) is 0 Å². The monoisotopic (exact) mass is 209 g/mol. The Kier molecular flexibility index (Phi) is 4.32. The molecular formula is C10H15N3S. The number of hydrogen-bond donors (Lipinski definition) is 2. The van der Waals surface area contributed by atoms with Gasteiger partial charge in [0, 0.05) is 6.54 Å². The van der Waals surface area contributed by atoms with Gasteiger partial charge in [0.1, 0.15) is 10.8 Å². The third kappa shape index (κ3) is 3.30. The molecule has 3 N–H and O–H groups in total. The zero-order chi connectivity index (χ0) is 10.4. The third-order valence-electron chi connectivity index (χ3n) is 1.84. The van der Waals surface area contributed by atoms with Crippen LogP contribution in [0.5, 0.6) is 0 Å². The maximum atomic E-state index is 5.48. The zero-order valence-corrected chi connectivity index (χ0v) is 9.10. The fourth-order valence-corrected chi connectivity index (χ4v) is 1.18. The van der Waals surface area contributed by atoms with Gasteiger partial charge in [0.2, 0.25) is 0 Å². The smallest absolute Gasteiger partial charge is 0.126 e. The highest BCUT2D eigenvalue weighted by atomic mass is 32.1. The normalized spacial score (nSPS) is 9.79. The van der Waals surface area contributed by atoms with Gasteiger partial charge in [-0.25, -0.2) is 4.98 Å². The Morgan fingerprint density at radius 3 is 3.00 bits per heavy atom. The second-order valence-electron chi connectivity index (χ2n) is 3.05. The van der Waals surface area contributed by atoms with Crippen LogP contribution >= 0.6 is 12.2 Å². The van der Waals surface area contributed by atoms with E-state index < -0.39 is 0 Å². The predicted molar refractivity (Wildman–Crippen MR) is 63.5 cm³/mol. The molecular weight excluding hydrogens is 194 g/mol. The van der Waals surface area contributed by atoms with E-state index in [1.165, 1.54) is 6.42 Å². The number of unbranched alkanes of at least 4 members (excludes halogenated alkanes) is 1. The van der Waals surface area contributed by atoms with Gasteiger partial charge < -0.3 is 11.1 Å². The fraction of sp³-hybridized carbons (Fsp3) is 0.400. The van der Waals surface area contributed by atoms with Gasteiger partial charge in [0.15, 0.2) is 0 Å². The summed E-state index contributed by atoms with van der Waals surface area (Å²) in [5.41, 5.74) is 6.15. The van der Waals surface area contributed by atoms with Crippen LogP contribution in [0.1, 0.15) is 25.5 Å². The van der Waals surface area contributed by atoms with Crippen LogP contribution in [-0.2, 0) is 0 Å². The zero-order valence-electron chi connectivity index (χ0n) is 8.29. The van der Waals surface area contributed by atoms with Crippen LogP contribution < -0.4 is 11.1 Å². The van der Waals surface area contributed by atoms with Gasteiger partial charge in [-0.05, 0) is 18.6 Å². The summed E-state index contributed by atoms with van der Waals surface area (Å²) in [5.74, 6) is 0.837. The molecule has 0 aliphatic rings. The van der Waals surface area contributed by atoms with Crippen molar-refractivity contribution >= 4 is 23.0 Å². The molecule has 0 aliphatic carbocycles. The van der Waals surface area contributed by atoms with Crippen molar-refractivity contribution in [1.82, 2.24) is 4.98 Å². The molecule has 1 rings (SSSR count). The molecule has 0 saturated heterocycles. The number of nitrogens with one attached hydrogen (secondary N) is 1. The summed E-state index contributed by atoms with van der Waals surface area (Å²) in [7, 11) is 0. The lowest BCUT2D eigenvalue weighted by molar-refractivity contribution is 0.831. The van der Waals surface area contributed by atoms with E-state index in [1.54, 1.807) is 0 Å². The highest BCUT2D eigenvalue weighted by Crippen LogP contribution is 2.04. The van der Waals surface area contributed by atoms with Crippen molar-refractivity contribution in [1.29, 1.82) is 0 Å². The molecule has 0 fully saturated rings. The Bertz CT molecular complexity index is 312. The first kappa shape index (κ1) is 10.9. The highest BCUT2D eigenvalue weighted by molar-refractivity contribution is 7.80. The number of thiocarbonyl (C=S) groups is 1. The van der Waals surface area contributed by atoms with E-state index in [2.05, 4.69) is 17.2 Å². The molecule has 0 spiro atoms. The SMILES string of the molecule is CCCCNc1cccc(C(N)=S)n1. The van der Waals surface area contributed by atoms with Crippen LogP contribution in [0.4, 0.5) is 5.82 Å². The van der Waals surface area contributed by atoms with Crippen LogP contribution in [0.2, 0.25) is 0 Å². The molecule has 0 saturated carbocycles. The number of rotatable bonds is 5. The minimum atomic E-state index is 0.337. The number of aromatic nitrogens is 1. The van der Waals surface area contributed by atoms with Crippen molar-refractivity contribution in [3.05, 3.63) is 23.9 Å². The van der Waals surface area contributed by atoms with Crippen molar-refractivity contribution in [2.45, 2.75) is 19.8 Å². The Balaban J connectivity index is 2.59. The Morgan fingerprint density at radius 2 is 2.36 bits per heavy atom. The first-order valence-electron chi connectivity index (χ1n) is 4.74. The van der Waals surface area contributed by atoms with E-state index in [0.717, 1.165) is 18.8 Å². The van der Waals surface area contributed by atoms with Crippen LogP contribution in [0, 0.1) is 0 Å². The molecule has 14 heavy (non-hydrogen) atoms. The van der Waals surface area contributed by atoms with E-state index >= 15 is 0 Å². The van der Waals surface area contributed by atoms with E-state index in [4.69, 9.17) is 18.0 Å². The predicted octanol–water partition coefficient (Wildman–Crippen LogP) is 1.93. The van der Waals surface area contributed by atoms with Crippen LogP contribution in [0.15, 0.2) is 18.2 Å². The number of nitrogens with two attached hydrogens (primary N) is 1. The average molecular weight is 209 g/mol. The van der Waals surface area contributed by atoms with Crippen molar-refractivity contribution in [3.63, 3.8) is 0 Å². The lowest BCUT2D eigenvalue weighted by Crippen LogP contribution is -2.13. The summed E-state index contributed by atoms with van der Waals surface area (Å²) in [6, 6.07) is 5.63. The van der Waals surface area contributed by atoms with Crippen LogP contribution in [0.25, 0.3) is 0 Å². The lowest BCUT2D eigenvalue weighted by atomic mass is 10.3. The van der Waals surface area contributed by atoms with Gasteiger partial charge in [0.05, 0.1) is 5.69 Å². The van der Waals surface area contributed by atoms with Crippen molar-refractivity contribution in [2.24, 2.45) is 5.73 Å². The minimum absolute atomic E-state index is 0.337. The molecule has 0 atom stereocenters. The van der Waals surface area contributed by atoms with E-state index in [9.17, 15) is 0 Å². The largest absolute Gasteiger partial charge is 0.388 e. The Morgan fingerprint density at radius 1 is 1.57 bits per heavy atom. The molecule has 0 unspecified atom stereocenters. The number of hydrogen-bond acceptors (Lipinski definition) is 3. The summed E-state index contributed by atoms with van der Waals surface area (Å²) in [5, 5.41) is 3.21. The van der Waals surface area contributed by atoms with Crippen molar-refractivity contribution in [2.75, 3.05) is 11.9 Å². The standard InChI is InChI=1S/C10H15N3S/c1-2-3-7-12-9-6-4-5-8(13-9)10(11)14/h4-6H,2-3,7H2,1H3,(H2,11,14)(H,12,13). The quantitative estimate of drug-likeness (QED) is 0.574. The first-order chi connectivity index (χ1) is 6.74. The summed E-state index contributed by atoms with van der Waals surface area (Å²) in [6.07, 6.45) is 2.31. The summed E-state index contributed by atoms with van der Waals surface area (Å²) >= 11 is 4.84. The highest BCUT2D eigenvalue weighted by Gasteiger charge is 1.98. The van der Waals surface area contributed by atoms with Crippen molar-refractivity contribution in [3.8, 4) is 0 Å². The topological polar surface area (TPSA) is 50.9 Å². The van der Waals surface area contributed by atoms with Gasteiger partial charge in [-0.2, -0.15) is 0 Å². The Labute approximate surface area is 89.7 Å². The molecule has 0 aromatic carbocycles. The molecule has 0 amide bonds. The molecule has 4 heteroatoms. The van der Waals surface area contributed by atoms with Gasteiger partial charge in [0.25, 0.3) is 0 Å². The van der Waals surface area contributed by atoms with E-state index in [-0.39, 0.29) is 0 Å². The minimum Gasteiger partial charge on any atom is -0.388 e. The number of nitrogens with zero attached hydrogens (tertiary/aromatic N) is 1. The molecule has 1 aromatic rings. The van der Waals surface area contributed by atoms with E-state index in [1.807, 2.05) is 18.2 Å². The summed E-state index contributed by atoms with van der Waals surface area (Å²) in [4.78, 5) is 4.60. The summed E-state index contributed by atoms with van der Waals surface area (Å²) in [6.45, 7) is 3.09. The third-order valence-corrected chi connectivity index (χ3v) is 2.05. The molecule has 1 aromatic heterocycles. The van der Waals surface area contributed by atoms with Crippen molar-refractivity contribution < 1.29 is 0 Å². The van der Waals surface area contributed by atoms with Gasteiger partial charge in [-0.15, -0.1) is 0 Å². The second kappa shape index (κ2) is 5.54. The average Bonchev–Trinajstić information content (AvgIpc) is 2.19. The van der Waals surface area contributed by atoms with Crippen LogP contribution in [0.3, 0.4) is 0 Å². The second-order valence-corrected chi connectivity index (χ2v) is 3.49. The fourth-order valence-electron chi connectivity index (χ4n) is 1.06. The maximum absolute atomic E-state index is 5.48. The maximum Gasteiger partial charge on any atom is 0.126 e. The van der Waals surface area contributed by atoms with Crippen LogP contribution in [-0.4, -0.2) is 16.5 Å². The Hall–Kier alpha value is -1.16. The molecule has 1 heterocycles. The molecule has 0 aliphatic heterocycles. The molecule has 0 bridgehead atoms. The number of pyridine rings is 1. The first-order valence-corrected chi connectivity index (χ1v) is 5.15. The van der Waals surface area contributed by atoms with Gasteiger partial charge in [-0.1, -0.05) is 31.6 Å². The van der Waals surface area contributed by atoms with E-state index in [0.29, 0.717) is 10.7 Å². The molecule has 76 valence electrons. The lowest BCUT2D eigenvalue weighted by Gasteiger charge is -2.05. The van der Waals surface area contributed by atoms with Gasteiger partial charge >= 0.3 is 0 Å². The molecule has 0 radical (unpaired) electrons. The summed E-state index contributed by atoms with van der Waals surface area (Å²) < 4.78 is 0.